The van der Waals surface area contributed by atoms with Gasteiger partial charge in [-0.15, -0.1) is 0 Å². The van der Waals surface area contributed by atoms with Crippen LogP contribution in [0.3, 0.4) is 0 Å². The highest BCUT2D eigenvalue weighted by Gasteiger charge is 2.35. The molecule has 0 aliphatic heterocycles. The van der Waals surface area contributed by atoms with Crippen LogP contribution in [-0.4, -0.2) is 38.2 Å². The third-order valence-corrected chi connectivity index (χ3v) is 4.88. The molecule has 0 aromatic heterocycles. The van der Waals surface area contributed by atoms with Crippen molar-refractivity contribution in [2.75, 3.05) is 27.2 Å². The van der Waals surface area contributed by atoms with E-state index >= 15 is 0 Å². The van der Waals surface area contributed by atoms with Crippen molar-refractivity contribution in [1.29, 1.82) is 0 Å². The monoisotopic (exact) mass is 290 g/mol. The molecule has 2 rings (SSSR count). The Morgan fingerprint density at radius 2 is 1.95 bits per heavy atom. The van der Waals surface area contributed by atoms with Crippen molar-refractivity contribution in [2.45, 2.75) is 39.3 Å². The van der Waals surface area contributed by atoms with Crippen LogP contribution in [-0.2, 0) is 0 Å². The number of ether oxygens (including phenoxy) is 1. The summed E-state index contributed by atoms with van der Waals surface area (Å²) >= 11 is 0. The molecule has 118 valence electrons. The van der Waals surface area contributed by atoms with Crippen molar-refractivity contribution < 1.29 is 4.74 Å². The molecule has 4 atom stereocenters. The average Bonchev–Trinajstić information content (AvgIpc) is 3.19. The van der Waals surface area contributed by atoms with Gasteiger partial charge in [-0.25, -0.2) is 0 Å². The van der Waals surface area contributed by atoms with E-state index in [0.717, 1.165) is 24.1 Å². The SMILES string of the molecule is CCNC(c1ccc(OC)cc1)C(C)N(C)CC1CC1C. The second-order valence-electron chi connectivity index (χ2n) is 6.46. The van der Waals surface area contributed by atoms with Crippen LogP contribution in [0, 0.1) is 11.8 Å². The highest BCUT2D eigenvalue weighted by molar-refractivity contribution is 5.29. The number of nitrogens with one attached hydrogen (secondary N) is 1. The third kappa shape index (κ3) is 4.21. The number of nitrogens with zero attached hydrogens (tertiary/aromatic N) is 1. The zero-order chi connectivity index (χ0) is 15.4. The van der Waals surface area contributed by atoms with E-state index in [9.17, 15) is 0 Å². The normalized spacial score (nSPS) is 23.9. The van der Waals surface area contributed by atoms with Gasteiger partial charge in [-0.3, -0.25) is 0 Å². The Hall–Kier alpha value is -1.06. The Morgan fingerprint density at radius 1 is 1.33 bits per heavy atom. The lowest BCUT2D eigenvalue weighted by molar-refractivity contribution is 0.198. The van der Waals surface area contributed by atoms with Crippen molar-refractivity contribution in [3.05, 3.63) is 29.8 Å². The van der Waals surface area contributed by atoms with Gasteiger partial charge >= 0.3 is 0 Å². The van der Waals surface area contributed by atoms with Gasteiger partial charge < -0.3 is 15.0 Å². The fourth-order valence-corrected chi connectivity index (χ4v) is 3.04. The molecule has 1 aliphatic rings. The molecular weight excluding hydrogens is 260 g/mol. The minimum Gasteiger partial charge on any atom is -0.497 e. The predicted octanol–water partition coefficient (Wildman–Crippen LogP) is 3.32. The summed E-state index contributed by atoms with van der Waals surface area (Å²) in [6.07, 6.45) is 1.39. The van der Waals surface area contributed by atoms with Gasteiger partial charge in [0.2, 0.25) is 0 Å². The average molecular weight is 290 g/mol. The van der Waals surface area contributed by atoms with Crippen molar-refractivity contribution >= 4 is 0 Å². The van der Waals surface area contributed by atoms with E-state index < -0.39 is 0 Å². The van der Waals surface area contributed by atoms with Crippen LogP contribution in [0.25, 0.3) is 0 Å². The van der Waals surface area contributed by atoms with E-state index in [4.69, 9.17) is 4.74 Å². The summed E-state index contributed by atoms with van der Waals surface area (Å²) < 4.78 is 5.26. The van der Waals surface area contributed by atoms with E-state index in [1.165, 1.54) is 18.5 Å². The standard InChI is InChI=1S/C18H30N2O/c1-6-19-18(15-7-9-17(21-5)10-8-15)14(3)20(4)12-16-11-13(16)2/h7-10,13-14,16,18-19H,6,11-12H2,1-5H3. The second kappa shape index (κ2) is 7.28. The molecule has 1 fully saturated rings. The maximum Gasteiger partial charge on any atom is 0.118 e. The molecule has 1 aromatic rings. The number of likely N-dealkylation sites (N-methyl/N-ethyl adjacent to an activating group) is 2. The van der Waals surface area contributed by atoms with Gasteiger partial charge in [0.05, 0.1) is 7.11 Å². The lowest BCUT2D eigenvalue weighted by Gasteiger charge is -2.33. The first-order valence-electron chi connectivity index (χ1n) is 8.14. The first-order valence-corrected chi connectivity index (χ1v) is 8.14. The van der Waals surface area contributed by atoms with Gasteiger partial charge in [0.25, 0.3) is 0 Å². The van der Waals surface area contributed by atoms with Crippen LogP contribution in [0.4, 0.5) is 0 Å². The molecule has 1 saturated carbocycles. The molecular formula is C18H30N2O. The lowest BCUT2D eigenvalue weighted by Crippen LogP contribution is -2.42. The molecule has 21 heavy (non-hydrogen) atoms. The Morgan fingerprint density at radius 3 is 2.43 bits per heavy atom. The Kier molecular flexibility index (Phi) is 5.65. The summed E-state index contributed by atoms with van der Waals surface area (Å²) in [4.78, 5) is 2.51. The smallest absolute Gasteiger partial charge is 0.118 e. The second-order valence-corrected chi connectivity index (χ2v) is 6.46. The summed E-state index contributed by atoms with van der Waals surface area (Å²) in [6, 6.07) is 9.29. The van der Waals surface area contributed by atoms with E-state index in [2.05, 4.69) is 62.3 Å². The summed E-state index contributed by atoms with van der Waals surface area (Å²) in [5.41, 5.74) is 1.33. The first kappa shape index (κ1) is 16.3. The van der Waals surface area contributed by atoms with E-state index in [0.29, 0.717) is 12.1 Å². The number of methoxy groups -OCH3 is 1. The minimum absolute atomic E-state index is 0.361. The van der Waals surface area contributed by atoms with Crippen LogP contribution in [0.1, 0.15) is 38.8 Å². The molecule has 3 nitrogen and oxygen atoms in total. The number of hydrogen-bond acceptors (Lipinski definition) is 3. The topological polar surface area (TPSA) is 24.5 Å². The molecule has 0 radical (unpaired) electrons. The number of benzene rings is 1. The van der Waals surface area contributed by atoms with Gasteiger partial charge in [-0.1, -0.05) is 26.0 Å². The van der Waals surface area contributed by atoms with Gasteiger partial charge in [-0.2, -0.15) is 0 Å². The zero-order valence-electron chi connectivity index (χ0n) is 14.1. The number of rotatable bonds is 8. The lowest BCUT2D eigenvalue weighted by atomic mass is 9.99. The van der Waals surface area contributed by atoms with Crippen LogP contribution < -0.4 is 10.1 Å². The summed E-state index contributed by atoms with van der Waals surface area (Å²) in [5.74, 6) is 2.73. The van der Waals surface area contributed by atoms with Crippen molar-refractivity contribution in [2.24, 2.45) is 11.8 Å². The zero-order valence-corrected chi connectivity index (χ0v) is 14.1. The quantitative estimate of drug-likeness (QED) is 0.795. The van der Waals surface area contributed by atoms with E-state index in [-0.39, 0.29) is 0 Å². The van der Waals surface area contributed by atoms with Crippen molar-refractivity contribution in [3.8, 4) is 5.75 Å². The summed E-state index contributed by atoms with van der Waals surface area (Å²) in [6.45, 7) is 9.04. The summed E-state index contributed by atoms with van der Waals surface area (Å²) in [5, 5.41) is 3.64. The summed E-state index contributed by atoms with van der Waals surface area (Å²) in [7, 11) is 3.97. The maximum absolute atomic E-state index is 5.26. The number of hydrogen-bond donors (Lipinski definition) is 1. The fourth-order valence-electron chi connectivity index (χ4n) is 3.04. The van der Waals surface area contributed by atoms with Crippen molar-refractivity contribution in [1.82, 2.24) is 10.2 Å². The van der Waals surface area contributed by atoms with Crippen LogP contribution in [0.2, 0.25) is 0 Å². The molecule has 3 heteroatoms. The van der Waals surface area contributed by atoms with E-state index in [1.807, 2.05) is 0 Å². The molecule has 0 heterocycles. The van der Waals surface area contributed by atoms with Gasteiger partial charge in [0, 0.05) is 18.6 Å². The van der Waals surface area contributed by atoms with E-state index in [1.54, 1.807) is 7.11 Å². The Labute approximate surface area is 129 Å². The molecule has 0 amide bonds. The molecule has 0 saturated heterocycles. The molecule has 1 aromatic carbocycles. The molecule has 0 bridgehead atoms. The maximum atomic E-state index is 5.26. The molecule has 0 spiro atoms. The molecule has 4 unspecified atom stereocenters. The Bertz CT molecular complexity index is 431. The van der Waals surface area contributed by atoms with Crippen LogP contribution in [0.5, 0.6) is 5.75 Å². The van der Waals surface area contributed by atoms with Crippen LogP contribution >= 0.6 is 0 Å². The van der Waals surface area contributed by atoms with Crippen molar-refractivity contribution in [3.63, 3.8) is 0 Å². The van der Waals surface area contributed by atoms with Gasteiger partial charge in [-0.05, 0) is 56.5 Å². The fraction of sp³-hybridized carbons (Fsp3) is 0.667. The highest BCUT2D eigenvalue weighted by atomic mass is 16.5. The largest absolute Gasteiger partial charge is 0.497 e. The first-order chi connectivity index (χ1) is 10.1. The highest BCUT2D eigenvalue weighted by Crippen LogP contribution is 2.38. The minimum atomic E-state index is 0.361. The van der Waals surface area contributed by atoms with Gasteiger partial charge in [0.1, 0.15) is 5.75 Å². The van der Waals surface area contributed by atoms with Gasteiger partial charge in [0.15, 0.2) is 0 Å². The Balaban J connectivity index is 2.04. The predicted molar refractivity (Wildman–Crippen MR) is 88.8 cm³/mol. The molecule has 1 aliphatic carbocycles. The molecule has 1 N–H and O–H groups in total. The third-order valence-electron chi connectivity index (χ3n) is 4.88. The van der Waals surface area contributed by atoms with Crippen LogP contribution in [0.15, 0.2) is 24.3 Å².